The largest absolute Gasteiger partial charge is 0.307 e. The minimum absolute atomic E-state index is 0.0588. The van der Waals surface area contributed by atoms with Crippen molar-refractivity contribution in [3.63, 3.8) is 0 Å². The second kappa shape index (κ2) is 11.1. The molecule has 0 radical (unpaired) electrons. The molecule has 228 valence electrons. The molecule has 0 atom stereocenters. The highest BCUT2D eigenvalue weighted by Gasteiger charge is 2.42. The summed E-state index contributed by atoms with van der Waals surface area (Å²) in [6.45, 7) is 6.79. The standard InChI is InChI=1S/C43H33BN4/c1-28-23-29(2)42(30(3)24-28)44-36-11-6-14-41-43(36)48(38-20-17-32(25-37(38)44)34-10-8-22-46-27-34)40-13-5-4-12-39(40)47(41)35-18-15-31(16-19-35)33-9-7-21-45-26-33/h4-27H,1-3H3. The third-order valence-electron chi connectivity index (χ3n) is 9.91. The van der Waals surface area contributed by atoms with Crippen molar-refractivity contribution in [3.8, 4) is 22.3 Å². The van der Waals surface area contributed by atoms with Crippen LogP contribution in [0.25, 0.3) is 22.3 Å². The number of rotatable bonds is 4. The number of hydrogen-bond acceptors (Lipinski definition) is 4. The summed E-state index contributed by atoms with van der Waals surface area (Å²) in [5.41, 5.74) is 19.6. The van der Waals surface area contributed by atoms with Gasteiger partial charge in [-0.2, -0.15) is 0 Å². The van der Waals surface area contributed by atoms with E-state index >= 15 is 0 Å². The molecule has 0 aliphatic carbocycles. The number of fused-ring (bicyclic) bond motifs is 4. The van der Waals surface area contributed by atoms with Gasteiger partial charge in [0.05, 0.1) is 22.7 Å². The zero-order valence-corrected chi connectivity index (χ0v) is 27.2. The van der Waals surface area contributed by atoms with Crippen LogP contribution in [0.3, 0.4) is 0 Å². The Labute approximate surface area is 282 Å². The van der Waals surface area contributed by atoms with Crippen LogP contribution >= 0.6 is 0 Å². The summed E-state index contributed by atoms with van der Waals surface area (Å²) in [6, 6.07) is 44.4. The van der Waals surface area contributed by atoms with Gasteiger partial charge in [0.15, 0.2) is 0 Å². The van der Waals surface area contributed by atoms with Crippen LogP contribution in [0, 0.1) is 20.8 Å². The van der Waals surface area contributed by atoms with Crippen LogP contribution in [0.5, 0.6) is 0 Å². The molecule has 2 aliphatic rings. The minimum Gasteiger partial charge on any atom is -0.307 e. The second-order valence-corrected chi connectivity index (χ2v) is 12.9. The van der Waals surface area contributed by atoms with Gasteiger partial charge in [-0.1, -0.05) is 94.9 Å². The molecule has 5 heteroatoms. The normalized spacial score (nSPS) is 12.8. The number of nitrogens with zero attached hydrogens (tertiary/aromatic N) is 4. The molecule has 0 N–H and O–H groups in total. The van der Waals surface area contributed by atoms with Crippen molar-refractivity contribution in [2.75, 3.05) is 9.80 Å². The number of aromatic nitrogens is 2. The van der Waals surface area contributed by atoms with Crippen molar-refractivity contribution in [2.24, 2.45) is 0 Å². The van der Waals surface area contributed by atoms with E-state index in [-0.39, 0.29) is 6.71 Å². The molecule has 2 aliphatic heterocycles. The number of pyridine rings is 2. The smallest absolute Gasteiger partial charge is 0.247 e. The summed E-state index contributed by atoms with van der Waals surface area (Å²) in [5.74, 6) is 0. The average Bonchev–Trinajstić information content (AvgIpc) is 3.12. The predicted molar refractivity (Wildman–Crippen MR) is 201 cm³/mol. The molecule has 48 heavy (non-hydrogen) atoms. The lowest BCUT2D eigenvalue weighted by molar-refractivity contribution is 1.17. The Balaban J connectivity index is 1.30. The van der Waals surface area contributed by atoms with E-state index in [4.69, 9.17) is 0 Å². The molecule has 0 amide bonds. The van der Waals surface area contributed by atoms with E-state index in [0.717, 1.165) is 28.1 Å². The van der Waals surface area contributed by atoms with Gasteiger partial charge in [-0.05, 0) is 102 Å². The van der Waals surface area contributed by atoms with Crippen molar-refractivity contribution in [1.82, 2.24) is 9.97 Å². The van der Waals surface area contributed by atoms with Crippen LogP contribution in [0.4, 0.5) is 34.1 Å². The van der Waals surface area contributed by atoms with E-state index < -0.39 is 0 Å². The highest BCUT2D eigenvalue weighted by atomic mass is 15.3. The minimum atomic E-state index is 0.0588. The molecular formula is C43H33BN4. The third-order valence-corrected chi connectivity index (χ3v) is 9.91. The van der Waals surface area contributed by atoms with Crippen LogP contribution in [0.1, 0.15) is 16.7 Å². The van der Waals surface area contributed by atoms with Crippen molar-refractivity contribution in [1.29, 1.82) is 0 Å². The Morgan fingerprint density at radius 1 is 0.479 bits per heavy atom. The Hall–Kier alpha value is -5.94. The highest BCUT2D eigenvalue weighted by Crippen LogP contribution is 2.54. The number of hydrogen-bond donors (Lipinski definition) is 0. The van der Waals surface area contributed by atoms with Gasteiger partial charge in [0.2, 0.25) is 6.71 Å². The van der Waals surface area contributed by atoms with E-state index in [9.17, 15) is 0 Å². The van der Waals surface area contributed by atoms with Crippen molar-refractivity contribution >= 4 is 57.2 Å². The Morgan fingerprint density at radius 3 is 1.77 bits per heavy atom. The molecule has 7 aromatic rings. The fraction of sp³-hybridized carbons (Fsp3) is 0.0698. The second-order valence-electron chi connectivity index (χ2n) is 12.9. The summed E-state index contributed by atoms with van der Waals surface area (Å²) in [5, 5.41) is 0. The van der Waals surface area contributed by atoms with Crippen LogP contribution in [0.15, 0.2) is 146 Å². The number of para-hydroxylation sites is 3. The first-order chi connectivity index (χ1) is 23.6. The molecule has 0 fully saturated rings. The van der Waals surface area contributed by atoms with Gasteiger partial charge in [-0.15, -0.1) is 0 Å². The van der Waals surface area contributed by atoms with Crippen LogP contribution in [-0.4, -0.2) is 16.7 Å². The van der Waals surface area contributed by atoms with Crippen LogP contribution in [0.2, 0.25) is 0 Å². The summed E-state index contributed by atoms with van der Waals surface area (Å²) in [4.78, 5) is 13.7. The number of aryl methyl sites for hydroxylation is 3. The lowest BCUT2D eigenvalue weighted by atomic mass is 9.33. The molecule has 0 bridgehead atoms. The fourth-order valence-electron chi connectivity index (χ4n) is 7.99. The first kappa shape index (κ1) is 28.3. The van der Waals surface area contributed by atoms with Gasteiger partial charge in [-0.25, -0.2) is 0 Å². The number of anilines is 6. The first-order valence-corrected chi connectivity index (χ1v) is 16.5. The Bertz CT molecular complexity index is 2310. The van der Waals surface area contributed by atoms with Crippen LogP contribution in [-0.2, 0) is 0 Å². The van der Waals surface area contributed by atoms with E-state index in [0.29, 0.717) is 0 Å². The molecule has 0 spiro atoms. The molecule has 2 aromatic heterocycles. The first-order valence-electron chi connectivity index (χ1n) is 16.5. The average molecular weight is 617 g/mol. The lowest BCUT2D eigenvalue weighted by Gasteiger charge is -2.46. The zero-order chi connectivity index (χ0) is 32.4. The number of benzene rings is 5. The van der Waals surface area contributed by atoms with E-state index in [2.05, 4.69) is 150 Å². The quantitative estimate of drug-likeness (QED) is 0.185. The lowest BCUT2D eigenvalue weighted by Crippen LogP contribution is -2.59. The van der Waals surface area contributed by atoms with E-state index in [1.54, 1.807) is 0 Å². The molecule has 0 unspecified atom stereocenters. The molecular weight excluding hydrogens is 583 g/mol. The van der Waals surface area contributed by atoms with Crippen molar-refractivity contribution in [2.45, 2.75) is 20.8 Å². The van der Waals surface area contributed by atoms with Gasteiger partial charge in [0, 0.05) is 36.2 Å². The molecule has 4 nitrogen and oxygen atoms in total. The summed E-state index contributed by atoms with van der Waals surface area (Å²) in [6.07, 6.45) is 7.53. The van der Waals surface area contributed by atoms with Gasteiger partial charge in [0.1, 0.15) is 0 Å². The molecule has 0 saturated heterocycles. The Kier molecular flexibility index (Phi) is 6.54. The summed E-state index contributed by atoms with van der Waals surface area (Å²) < 4.78 is 0. The molecule has 5 aromatic carbocycles. The monoisotopic (exact) mass is 616 g/mol. The molecule has 9 rings (SSSR count). The summed E-state index contributed by atoms with van der Waals surface area (Å²) in [7, 11) is 0. The SMILES string of the molecule is Cc1cc(C)c(B2c3cc(-c4cccnc4)ccc3N3c4ccccc4N(c4ccc(-c5cccnc5)cc4)c4cccc2c43)c(C)c1. The molecule has 0 saturated carbocycles. The summed E-state index contributed by atoms with van der Waals surface area (Å²) >= 11 is 0. The topological polar surface area (TPSA) is 32.3 Å². The van der Waals surface area contributed by atoms with Crippen molar-refractivity contribution in [3.05, 3.63) is 163 Å². The van der Waals surface area contributed by atoms with Crippen molar-refractivity contribution < 1.29 is 0 Å². The fourth-order valence-corrected chi connectivity index (χ4v) is 7.99. The van der Waals surface area contributed by atoms with Gasteiger partial charge in [0.25, 0.3) is 0 Å². The maximum absolute atomic E-state index is 4.45. The van der Waals surface area contributed by atoms with Gasteiger partial charge >= 0.3 is 0 Å². The van der Waals surface area contributed by atoms with Gasteiger partial charge < -0.3 is 9.80 Å². The predicted octanol–water partition coefficient (Wildman–Crippen LogP) is 8.82. The third kappa shape index (κ3) is 4.39. The van der Waals surface area contributed by atoms with E-state index in [1.807, 2.05) is 36.9 Å². The maximum atomic E-state index is 4.45. The maximum Gasteiger partial charge on any atom is 0.247 e. The van der Waals surface area contributed by atoms with Gasteiger partial charge in [-0.3, -0.25) is 9.97 Å². The van der Waals surface area contributed by atoms with E-state index in [1.165, 1.54) is 61.4 Å². The Morgan fingerprint density at radius 2 is 1.10 bits per heavy atom. The zero-order valence-electron chi connectivity index (χ0n) is 27.2. The highest BCUT2D eigenvalue weighted by molar-refractivity contribution is 6.98. The van der Waals surface area contributed by atoms with Crippen LogP contribution < -0.4 is 26.2 Å². The molecule has 4 heterocycles.